The Balaban J connectivity index is 1.97. The molecule has 2 aromatic rings. The monoisotopic (exact) mass is 268 g/mol. The van der Waals surface area contributed by atoms with Gasteiger partial charge in [0.05, 0.1) is 7.11 Å². The third kappa shape index (κ3) is 2.15. The molecule has 0 fully saturated rings. The summed E-state index contributed by atoms with van der Waals surface area (Å²) in [5.74, 6) is 1.89. The molecule has 1 aliphatic heterocycles. The first kappa shape index (κ1) is 13.0. The van der Waals surface area contributed by atoms with Gasteiger partial charge in [0.15, 0.2) is 0 Å². The summed E-state index contributed by atoms with van der Waals surface area (Å²) in [4.78, 5) is 0. The SMILES string of the molecule is CCC1(c2ccccc2)CCc2cc(OC)ccc2O1. The molecule has 0 spiro atoms. The first-order chi connectivity index (χ1) is 9.77. The Labute approximate surface area is 120 Å². The van der Waals surface area contributed by atoms with Crippen LogP contribution in [0.4, 0.5) is 0 Å². The van der Waals surface area contributed by atoms with Crippen LogP contribution in [0.1, 0.15) is 30.9 Å². The number of hydrogen-bond acceptors (Lipinski definition) is 2. The van der Waals surface area contributed by atoms with Crippen molar-refractivity contribution in [3.8, 4) is 11.5 Å². The van der Waals surface area contributed by atoms with Crippen LogP contribution in [0.2, 0.25) is 0 Å². The van der Waals surface area contributed by atoms with Gasteiger partial charge in [0.25, 0.3) is 0 Å². The molecule has 1 atom stereocenters. The Morgan fingerprint density at radius 3 is 2.65 bits per heavy atom. The Morgan fingerprint density at radius 1 is 1.15 bits per heavy atom. The lowest BCUT2D eigenvalue weighted by Crippen LogP contribution is -2.36. The average Bonchev–Trinajstić information content (AvgIpc) is 2.54. The van der Waals surface area contributed by atoms with E-state index in [-0.39, 0.29) is 5.60 Å². The summed E-state index contributed by atoms with van der Waals surface area (Å²) in [6.45, 7) is 2.20. The van der Waals surface area contributed by atoms with Crippen LogP contribution >= 0.6 is 0 Å². The van der Waals surface area contributed by atoms with Crippen molar-refractivity contribution in [3.63, 3.8) is 0 Å². The molecule has 0 saturated heterocycles. The number of rotatable bonds is 3. The van der Waals surface area contributed by atoms with Gasteiger partial charge in [-0.15, -0.1) is 0 Å². The first-order valence-corrected chi connectivity index (χ1v) is 7.19. The van der Waals surface area contributed by atoms with Crippen LogP contribution in [0.3, 0.4) is 0 Å². The zero-order chi connectivity index (χ0) is 14.0. The fraction of sp³-hybridized carbons (Fsp3) is 0.333. The van der Waals surface area contributed by atoms with Crippen LogP contribution in [0, 0.1) is 0 Å². The molecule has 0 N–H and O–H groups in total. The van der Waals surface area contributed by atoms with Crippen molar-refractivity contribution in [1.29, 1.82) is 0 Å². The second-order valence-corrected chi connectivity index (χ2v) is 5.29. The van der Waals surface area contributed by atoms with Crippen molar-refractivity contribution < 1.29 is 9.47 Å². The lowest BCUT2D eigenvalue weighted by atomic mass is 9.83. The van der Waals surface area contributed by atoms with Gasteiger partial charge < -0.3 is 9.47 Å². The quantitative estimate of drug-likeness (QED) is 0.825. The fourth-order valence-electron chi connectivity index (χ4n) is 2.97. The number of fused-ring (bicyclic) bond motifs is 1. The van der Waals surface area contributed by atoms with Gasteiger partial charge in [-0.25, -0.2) is 0 Å². The number of ether oxygens (including phenoxy) is 2. The zero-order valence-corrected chi connectivity index (χ0v) is 12.1. The lowest BCUT2D eigenvalue weighted by Gasteiger charge is -2.38. The highest BCUT2D eigenvalue weighted by molar-refractivity contribution is 5.43. The van der Waals surface area contributed by atoms with Gasteiger partial charge in [0, 0.05) is 0 Å². The molecule has 0 radical (unpaired) electrons. The van der Waals surface area contributed by atoms with E-state index in [1.807, 2.05) is 12.1 Å². The molecule has 0 aliphatic carbocycles. The van der Waals surface area contributed by atoms with Crippen molar-refractivity contribution in [2.45, 2.75) is 31.8 Å². The Hall–Kier alpha value is -1.96. The minimum Gasteiger partial charge on any atom is -0.497 e. The molecular weight excluding hydrogens is 248 g/mol. The minimum absolute atomic E-state index is 0.192. The number of hydrogen-bond donors (Lipinski definition) is 0. The molecule has 0 bridgehead atoms. The fourth-order valence-corrected chi connectivity index (χ4v) is 2.97. The third-order valence-electron chi connectivity index (χ3n) is 4.24. The van der Waals surface area contributed by atoms with Gasteiger partial charge in [-0.05, 0) is 48.6 Å². The Kier molecular flexibility index (Phi) is 3.39. The summed E-state index contributed by atoms with van der Waals surface area (Å²) in [5, 5.41) is 0. The summed E-state index contributed by atoms with van der Waals surface area (Å²) in [5.41, 5.74) is 2.32. The second kappa shape index (κ2) is 5.20. The molecule has 0 saturated carbocycles. The van der Waals surface area contributed by atoms with E-state index in [4.69, 9.17) is 9.47 Å². The summed E-state index contributed by atoms with van der Waals surface area (Å²) in [7, 11) is 1.70. The molecule has 20 heavy (non-hydrogen) atoms. The zero-order valence-electron chi connectivity index (χ0n) is 12.1. The molecular formula is C18H20O2. The number of methoxy groups -OCH3 is 1. The van der Waals surface area contributed by atoms with Gasteiger partial charge in [0.1, 0.15) is 17.1 Å². The van der Waals surface area contributed by atoms with Crippen LogP contribution in [-0.2, 0) is 12.0 Å². The van der Waals surface area contributed by atoms with Crippen molar-refractivity contribution in [2.24, 2.45) is 0 Å². The van der Waals surface area contributed by atoms with Crippen molar-refractivity contribution in [3.05, 3.63) is 59.7 Å². The summed E-state index contributed by atoms with van der Waals surface area (Å²) >= 11 is 0. The Bertz CT molecular complexity index is 592. The van der Waals surface area contributed by atoms with E-state index in [1.165, 1.54) is 11.1 Å². The molecule has 1 unspecified atom stereocenters. The minimum atomic E-state index is -0.192. The maximum absolute atomic E-state index is 6.40. The van der Waals surface area contributed by atoms with Crippen molar-refractivity contribution >= 4 is 0 Å². The van der Waals surface area contributed by atoms with Gasteiger partial charge in [-0.2, -0.15) is 0 Å². The van der Waals surface area contributed by atoms with Crippen molar-refractivity contribution in [2.75, 3.05) is 7.11 Å². The highest BCUT2D eigenvalue weighted by atomic mass is 16.5. The molecule has 0 aromatic heterocycles. The van der Waals surface area contributed by atoms with E-state index in [0.717, 1.165) is 30.8 Å². The van der Waals surface area contributed by atoms with E-state index in [1.54, 1.807) is 7.11 Å². The van der Waals surface area contributed by atoms with Gasteiger partial charge >= 0.3 is 0 Å². The molecule has 0 amide bonds. The highest BCUT2D eigenvalue weighted by Gasteiger charge is 2.36. The maximum atomic E-state index is 6.40. The normalized spacial score (nSPS) is 20.9. The van der Waals surface area contributed by atoms with E-state index in [9.17, 15) is 0 Å². The Morgan fingerprint density at radius 2 is 1.95 bits per heavy atom. The number of benzene rings is 2. The van der Waals surface area contributed by atoms with Gasteiger partial charge in [0.2, 0.25) is 0 Å². The number of aryl methyl sites for hydroxylation is 1. The van der Waals surface area contributed by atoms with Gasteiger partial charge in [-0.1, -0.05) is 37.3 Å². The smallest absolute Gasteiger partial charge is 0.134 e. The molecule has 1 aliphatic rings. The summed E-state index contributed by atoms with van der Waals surface area (Å²) < 4.78 is 11.7. The highest BCUT2D eigenvalue weighted by Crippen LogP contribution is 2.42. The average molecular weight is 268 g/mol. The molecule has 1 heterocycles. The van der Waals surface area contributed by atoms with Crippen LogP contribution in [0.5, 0.6) is 11.5 Å². The molecule has 3 rings (SSSR count). The van der Waals surface area contributed by atoms with E-state index < -0.39 is 0 Å². The standard InChI is InChI=1S/C18H20O2/c1-3-18(15-7-5-4-6-8-15)12-11-14-13-16(19-2)9-10-17(14)20-18/h4-10,13H,3,11-12H2,1-2H3. The van der Waals surface area contributed by atoms with E-state index >= 15 is 0 Å². The van der Waals surface area contributed by atoms with Crippen LogP contribution in [-0.4, -0.2) is 7.11 Å². The third-order valence-corrected chi connectivity index (χ3v) is 4.24. The predicted molar refractivity (Wildman–Crippen MR) is 80.4 cm³/mol. The van der Waals surface area contributed by atoms with Gasteiger partial charge in [-0.3, -0.25) is 0 Å². The molecule has 2 aromatic carbocycles. The topological polar surface area (TPSA) is 18.5 Å². The van der Waals surface area contributed by atoms with E-state index in [0.29, 0.717) is 0 Å². The summed E-state index contributed by atoms with van der Waals surface area (Å²) in [6, 6.07) is 16.6. The molecule has 2 heteroatoms. The lowest BCUT2D eigenvalue weighted by molar-refractivity contribution is 0.0385. The largest absolute Gasteiger partial charge is 0.497 e. The van der Waals surface area contributed by atoms with Crippen LogP contribution in [0.25, 0.3) is 0 Å². The van der Waals surface area contributed by atoms with Crippen molar-refractivity contribution in [1.82, 2.24) is 0 Å². The second-order valence-electron chi connectivity index (χ2n) is 5.29. The molecule has 2 nitrogen and oxygen atoms in total. The van der Waals surface area contributed by atoms with Crippen LogP contribution in [0.15, 0.2) is 48.5 Å². The van der Waals surface area contributed by atoms with Crippen LogP contribution < -0.4 is 9.47 Å². The first-order valence-electron chi connectivity index (χ1n) is 7.19. The predicted octanol–water partition coefficient (Wildman–Crippen LogP) is 4.33. The summed E-state index contributed by atoms with van der Waals surface area (Å²) in [6.07, 6.45) is 3.01. The van der Waals surface area contributed by atoms with E-state index in [2.05, 4.69) is 43.3 Å². The molecule has 104 valence electrons. The maximum Gasteiger partial charge on any atom is 0.134 e.